The lowest BCUT2D eigenvalue weighted by Crippen LogP contribution is -2.36. The van der Waals surface area contributed by atoms with Gasteiger partial charge in [0.15, 0.2) is 0 Å². The van der Waals surface area contributed by atoms with E-state index in [4.69, 9.17) is 0 Å². The number of carbonyl (C=O) groups is 1. The summed E-state index contributed by atoms with van der Waals surface area (Å²) in [5.74, 6) is 1.77. The Labute approximate surface area is 126 Å². The topological polar surface area (TPSA) is 45.2 Å². The van der Waals surface area contributed by atoms with Crippen LogP contribution in [0.1, 0.15) is 36.3 Å². The summed E-state index contributed by atoms with van der Waals surface area (Å²) in [5, 5.41) is 3.24. The van der Waals surface area contributed by atoms with Crippen molar-refractivity contribution in [1.29, 1.82) is 0 Å². The second-order valence-electron chi connectivity index (χ2n) is 5.03. The highest BCUT2D eigenvalue weighted by Crippen LogP contribution is 2.14. The Balaban J connectivity index is 2.89. The normalized spacial score (nSPS) is 12.1. The molecule has 0 aliphatic carbocycles. The van der Waals surface area contributed by atoms with Crippen LogP contribution in [0.5, 0.6) is 0 Å². The Kier molecular flexibility index (Phi) is 6.85. The zero-order valence-electron chi connectivity index (χ0n) is 13.1. The number of rotatable bonds is 7. The number of amides is 1. The molecule has 4 nitrogen and oxygen atoms in total. The van der Waals surface area contributed by atoms with Crippen LogP contribution in [0.25, 0.3) is 0 Å². The predicted molar refractivity (Wildman–Crippen MR) is 87.7 cm³/mol. The standard InChI is InChI=1S/C15H25N3OS/c1-6-7-16-14-9-13(8-11(2)17-14)15(19)18(4)12(3)10-20-5/h8-9,12H,6-7,10H2,1-5H3,(H,16,17). The van der Waals surface area contributed by atoms with Crippen LogP contribution in [0.2, 0.25) is 0 Å². The van der Waals surface area contributed by atoms with Crippen molar-refractivity contribution < 1.29 is 4.79 Å². The van der Waals surface area contributed by atoms with Crippen LogP contribution in [0, 0.1) is 6.92 Å². The van der Waals surface area contributed by atoms with Gasteiger partial charge >= 0.3 is 0 Å². The Morgan fingerprint density at radius 2 is 2.20 bits per heavy atom. The van der Waals surface area contributed by atoms with Crippen molar-refractivity contribution in [2.45, 2.75) is 33.2 Å². The fourth-order valence-electron chi connectivity index (χ4n) is 1.89. The van der Waals surface area contributed by atoms with Crippen molar-refractivity contribution in [1.82, 2.24) is 9.88 Å². The van der Waals surface area contributed by atoms with Crippen molar-refractivity contribution in [2.24, 2.45) is 0 Å². The van der Waals surface area contributed by atoms with Crippen LogP contribution in [0.15, 0.2) is 12.1 Å². The minimum atomic E-state index is 0.0524. The average Bonchev–Trinajstić information content (AvgIpc) is 2.43. The van der Waals surface area contributed by atoms with Gasteiger partial charge in [-0.15, -0.1) is 0 Å². The van der Waals surface area contributed by atoms with Gasteiger partial charge in [-0.25, -0.2) is 4.98 Å². The summed E-state index contributed by atoms with van der Waals surface area (Å²) in [6, 6.07) is 3.91. The van der Waals surface area contributed by atoms with Crippen LogP contribution in [-0.4, -0.2) is 47.4 Å². The number of nitrogens with one attached hydrogen (secondary N) is 1. The molecule has 1 rings (SSSR count). The van der Waals surface area contributed by atoms with E-state index in [1.807, 2.05) is 26.1 Å². The molecule has 0 saturated carbocycles. The summed E-state index contributed by atoms with van der Waals surface area (Å²) in [4.78, 5) is 18.7. The maximum Gasteiger partial charge on any atom is 0.254 e. The van der Waals surface area contributed by atoms with Gasteiger partial charge in [-0.3, -0.25) is 4.79 Å². The Bertz CT molecular complexity index is 451. The van der Waals surface area contributed by atoms with Gasteiger partial charge in [0, 0.05) is 36.6 Å². The van der Waals surface area contributed by atoms with Gasteiger partial charge in [0.05, 0.1) is 0 Å². The van der Waals surface area contributed by atoms with E-state index in [-0.39, 0.29) is 11.9 Å². The van der Waals surface area contributed by atoms with Crippen LogP contribution >= 0.6 is 11.8 Å². The third-order valence-electron chi connectivity index (χ3n) is 3.15. The summed E-state index contributed by atoms with van der Waals surface area (Å²) in [6.45, 7) is 6.95. The monoisotopic (exact) mass is 295 g/mol. The fraction of sp³-hybridized carbons (Fsp3) is 0.600. The summed E-state index contributed by atoms with van der Waals surface area (Å²) >= 11 is 1.75. The molecule has 0 aromatic carbocycles. The first-order valence-corrected chi connectivity index (χ1v) is 8.37. The van der Waals surface area contributed by atoms with Gasteiger partial charge < -0.3 is 10.2 Å². The lowest BCUT2D eigenvalue weighted by molar-refractivity contribution is 0.0757. The molecule has 1 aromatic rings. The third kappa shape index (κ3) is 4.71. The molecule has 0 aliphatic heterocycles. The summed E-state index contributed by atoms with van der Waals surface area (Å²) < 4.78 is 0. The zero-order valence-corrected chi connectivity index (χ0v) is 13.9. The first kappa shape index (κ1) is 16.8. The second kappa shape index (κ2) is 8.15. The van der Waals surface area contributed by atoms with Crippen molar-refractivity contribution in [2.75, 3.05) is 30.9 Å². The minimum Gasteiger partial charge on any atom is -0.370 e. The molecular formula is C15H25N3OS. The highest BCUT2D eigenvalue weighted by Gasteiger charge is 2.18. The number of thioether (sulfide) groups is 1. The number of hydrogen-bond acceptors (Lipinski definition) is 4. The van der Waals surface area contributed by atoms with Crippen molar-refractivity contribution >= 4 is 23.5 Å². The van der Waals surface area contributed by atoms with Crippen LogP contribution < -0.4 is 5.32 Å². The van der Waals surface area contributed by atoms with E-state index >= 15 is 0 Å². The quantitative estimate of drug-likeness (QED) is 0.840. The Hall–Kier alpha value is -1.23. The largest absolute Gasteiger partial charge is 0.370 e. The van der Waals surface area contributed by atoms with E-state index < -0.39 is 0 Å². The van der Waals surface area contributed by atoms with Gasteiger partial charge in [-0.2, -0.15) is 11.8 Å². The van der Waals surface area contributed by atoms with Gasteiger partial charge in [-0.05, 0) is 38.7 Å². The molecule has 0 fully saturated rings. The molecule has 5 heteroatoms. The second-order valence-corrected chi connectivity index (χ2v) is 5.94. The summed E-state index contributed by atoms with van der Waals surface area (Å²) in [6.07, 6.45) is 3.09. The lowest BCUT2D eigenvalue weighted by atomic mass is 10.2. The van der Waals surface area contributed by atoms with E-state index in [1.165, 1.54) is 0 Å². The van der Waals surface area contributed by atoms with Gasteiger partial charge in [0.2, 0.25) is 0 Å². The molecule has 0 radical (unpaired) electrons. The van der Waals surface area contributed by atoms with Crippen LogP contribution in [0.3, 0.4) is 0 Å². The molecule has 0 aliphatic rings. The first-order valence-electron chi connectivity index (χ1n) is 6.98. The summed E-state index contributed by atoms with van der Waals surface area (Å²) in [5.41, 5.74) is 1.56. The maximum absolute atomic E-state index is 12.5. The number of aryl methyl sites for hydroxylation is 1. The Morgan fingerprint density at radius 1 is 1.50 bits per heavy atom. The summed E-state index contributed by atoms with van der Waals surface area (Å²) in [7, 11) is 1.86. The highest BCUT2D eigenvalue weighted by molar-refractivity contribution is 7.98. The molecule has 112 valence electrons. The predicted octanol–water partition coefficient (Wildman–Crippen LogP) is 3.04. The van der Waals surface area contributed by atoms with E-state index in [1.54, 1.807) is 16.7 Å². The SMILES string of the molecule is CCCNc1cc(C(=O)N(C)C(C)CSC)cc(C)n1. The number of pyridine rings is 1. The van der Waals surface area contributed by atoms with Gasteiger partial charge in [0.1, 0.15) is 5.82 Å². The van der Waals surface area contributed by atoms with E-state index in [0.717, 1.165) is 30.2 Å². The van der Waals surface area contributed by atoms with Crippen molar-refractivity contribution in [3.63, 3.8) is 0 Å². The number of carbonyl (C=O) groups excluding carboxylic acids is 1. The molecular weight excluding hydrogens is 270 g/mol. The first-order chi connectivity index (χ1) is 9.49. The van der Waals surface area contributed by atoms with E-state index in [2.05, 4.69) is 30.4 Å². The minimum absolute atomic E-state index is 0.0524. The molecule has 1 atom stereocenters. The molecule has 1 unspecified atom stereocenters. The molecule has 20 heavy (non-hydrogen) atoms. The van der Waals surface area contributed by atoms with Crippen LogP contribution in [-0.2, 0) is 0 Å². The third-order valence-corrected chi connectivity index (χ3v) is 3.96. The smallest absolute Gasteiger partial charge is 0.254 e. The molecule has 1 aromatic heterocycles. The van der Waals surface area contributed by atoms with E-state index in [9.17, 15) is 4.79 Å². The average molecular weight is 295 g/mol. The number of aromatic nitrogens is 1. The van der Waals surface area contributed by atoms with Crippen molar-refractivity contribution in [3.8, 4) is 0 Å². The lowest BCUT2D eigenvalue weighted by Gasteiger charge is -2.24. The Morgan fingerprint density at radius 3 is 2.80 bits per heavy atom. The van der Waals surface area contributed by atoms with E-state index in [0.29, 0.717) is 5.56 Å². The van der Waals surface area contributed by atoms with Crippen LogP contribution in [0.4, 0.5) is 5.82 Å². The zero-order chi connectivity index (χ0) is 15.1. The molecule has 1 heterocycles. The van der Waals surface area contributed by atoms with Crippen molar-refractivity contribution in [3.05, 3.63) is 23.4 Å². The number of anilines is 1. The molecule has 1 amide bonds. The molecule has 0 spiro atoms. The molecule has 1 N–H and O–H groups in total. The number of nitrogens with zero attached hydrogens (tertiary/aromatic N) is 2. The highest BCUT2D eigenvalue weighted by atomic mass is 32.2. The molecule has 0 saturated heterocycles. The fourth-order valence-corrected chi connectivity index (χ4v) is 2.60. The van der Waals surface area contributed by atoms with Gasteiger partial charge in [0.25, 0.3) is 5.91 Å². The number of hydrogen-bond donors (Lipinski definition) is 1. The molecule has 0 bridgehead atoms. The van der Waals surface area contributed by atoms with Gasteiger partial charge in [-0.1, -0.05) is 6.92 Å². The maximum atomic E-state index is 12.5.